The molecular weight excluding hydrogens is 286 g/mol. The van der Waals surface area contributed by atoms with Crippen molar-refractivity contribution in [3.63, 3.8) is 0 Å². The Morgan fingerprint density at radius 3 is 2.25 bits per heavy atom. The zero-order valence-electron chi connectivity index (χ0n) is 11.4. The number of carboxylic acid groups (broad SMARTS) is 1. The Morgan fingerprint density at radius 1 is 1.15 bits per heavy atom. The lowest BCUT2D eigenvalue weighted by Crippen LogP contribution is -2.58. The predicted molar refractivity (Wildman–Crippen MR) is 72.8 cm³/mol. The second kappa shape index (κ2) is 6.89. The van der Waals surface area contributed by atoms with Gasteiger partial charge in [-0.2, -0.15) is 0 Å². The van der Waals surface area contributed by atoms with Crippen LogP contribution >= 0.6 is 0 Å². The van der Waals surface area contributed by atoms with Crippen molar-refractivity contribution >= 4 is 22.0 Å². The number of amides is 2. The van der Waals surface area contributed by atoms with Crippen LogP contribution in [0.1, 0.15) is 32.1 Å². The summed E-state index contributed by atoms with van der Waals surface area (Å²) in [6.45, 7) is 0.154. The molecular formula is C11H21N3O5S. The molecule has 0 aromatic rings. The molecule has 0 saturated heterocycles. The van der Waals surface area contributed by atoms with Gasteiger partial charge in [-0.25, -0.2) is 22.7 Å². The third-order valence-electron chi connectivity index (χ3n) is 3.24. The normalized spacial score (nSPS) is 18.2. The number of nitrogens with one attached hydrogen (secondary N) is 3. The van der Waals surface area contributed by atoms with E-state index in [1.807, 2.05) is 0 Å². The first-order valence-corrected chi connectivity index (χ1v) is 8.38. The summed E-state index contributed by atoms with van der Waals surface area (Å²) < 4.78 is 23.9. The van der Waals surface area contributed by atoms with Gasteiger partial charge in [-0.15, -0.1) is 0 Å². The molecule has 0 aliphatic heterocycles. The average Bonchev–Trinajstić information content (AvgIpc) is 2.34. The first-order valence-electron chi connectivity index (χ1n) is 6.49. The van der Waals surface area contributed by atoms with Crippen molar-refractivity contribution < 1.29 is 23.1 Å². The van der Waals surface area contributed by atoms with Gasteiger partial charge in [0.05, 0.1) is 6.26 Å². The zero-order valence-corrected chi connectivity index (χ0v) is 12.3. The van der Waals surface area contributed by atoms with Gasteiger partial charge < -0.3 is 15.7 Å². The molecule has 1 aliphatic rings. The van der Waals surface area contributed by atoms with Crippen molar-refractivity contribution in [2.75, 3.05) is 19.3 Å². The molecule has 1 aliphatic carbocycles. The van der Waals surface area contributed by atoms with Gasteiger partial charge in [-0.3, -0.25) is 0 Å². The van der Waals surface area contributed by atoms with Crippen LogP contribution in [-0.4, -0.2) is 50.4 Å². The number of carboxylic acids is 1. The molecule has 0 aromatic carbocycles. The number of urea groups is 1. The lowest BCUT2D eigenvalue weighted by Gasteiger charge is -2.33. The average molecular weight is 307 g/mol. The van der Waals surface area contributed by atoms with E-state index in [4.69, 9.17) is 0 Å². The van der Waals surface area contributed by atoms with E-state index in [9.17, 15) is 23.1 Å². The number of carbonyl (C=O) groups excluding carboxylic acids is 1. The highest BCUT2D eigenvalue weighted by Crippen LogP contribution is 2.28. The summed E-state index contributed by atoms with van der Waals surface area (Å²) in [5.41, 5.74) is -1.20. The summed E-state index contributed by atoms with van der Waals surface area (Å²) in [6.07, 6.45) is 4.35. The van der Waals surface area contributed by atoms with Crippen LogP contribution in [0.5, 0.6) is 0 Å². The Balaban J connectivity index is 2.41. The summed E-state index contributed by atoms with van der Waals surface area (Å²) in [6, 6.07) is -0.593. The van der Waals surface area contributed by atoms with E-state index in [1.54, 1.807) is 0 Å². The van der Waals surface area contributed by atoms with Crippen LogP contribution in [0.2, 0.25) is 0 Å². The Morgan fingerprint density at radius 2 is 1.75 bits per heavy atom. The van der Waals surface area contributed by atoms with Crippen LogP contribution in [0.4, 0.5) is 4.79 Å². The first kappa shape index (κ1) is 16.7. The van der Waals surface area contributed by atoms with Crippen molar-refractivity contribution in [2.24, 2.45) is 0 Å². The Bertz CT molecular complexity index is 457. The van der Waals surface area contributed by atoms with E-state index in [0.717, 1.165) is 25.5 Å². The highest BCUT2D eigenvalue weighted by Gasteiger charge is 2.40. The summed E-state index contributed by atoms with van der Waals surface area (Å²) in [5.74, 6) is -1.03. The number of sulfonamides is 1. The van der Waals surface area contributed by atoms with Crippen LogP contribution in [0.3, 0.4) is 0 Å². The van der Waals surface area contributed by atoms with Crippen LogP contribution in [-0.2, 0) is 14.8 Å². The fourth-order valence-electron chi connectivity index (χ4n) is 2.22. The van der Waals surface area contributed by atoms with Crippen LogP contribution in [0.25, 0.3) is 0 Å². The summed E-state index contributed by atoms with van der Waals surface area (Å²) in [4.78, 5) is 23.0. The molecule has 1 rings (SSSR count). The molecule has 0 bridgehead atoms. The molecule has 8 nitrogen and oxygen atoms in total. The highest BCUT2D eigenvalue weighted by atomic mass is 32.2. The lowest BCUT2D eigenvalue weighted by molar-refractivity contribution is -0.145. The quantitative estimate of drug-likeness (QED) is 0.498. The second-order valence-electron chi connectivity index (χ2n) is 5.00. The molecule has 9 heteroatoms. The third-order valence-corrected chi connectivity index (χ3v) is 3.97. The lowest BCUT2D eigenvalue weighted by atomic mass is 9.82. The van der Waals surface area contributed by atoms with E-state index in [-0.39, 0.29) is 13.1 Å². The molecule has 0 unspecified atom stereocenters. The van der Waals surface area contributed by atoms with Gasteiger partial charge in [0, 0.05) is 13.1 Å². The second-order valence-corrected chi connectivity index (χ2v) is 6.83. The highest BCUT2D eigenvalue weighted by molar-refractivity contribution is 7.88. The van der Waals surface area contributed by atoms with Crippen LogP contribution in [0, 0.1) is 0 Å². The molecule has 2 amide bonds. The van der Waals surface area contributed by atoms with E-state index in [2.05, 4.69) is 15.4 Å². The van der Waals surface area contributed by atoms with Gasteiger partial charge in [0.1, 0.15) is 5.54 Å². The van der Waals surface area contributed by atoms with Gasteiger partial charge in [0.25, 0.3) is 0 Å². The maximum Gasteiger partial charge on any atom is 0.329 e. The topological polar surface area (TPSA) is 125 Å². The largest absolute Gasteiger partial charge is 0.480 e. The molecule has 0 aromatic heterocycles. The number of rotatable bonds is 6. The molecule has 0 heterocycles. The predicted octanol–water partition coefficient (Wildman–Crippen LogP) is -0.378. The van der Waals surface area contributed by atoms with E-state index in [0.29, 0.717) is 12.8 Å². The van der Waals surface area contributed by atoms with E-state index in [1.165, 1.54) is 0 Å². The van der Waals surface area contributed by atoms with Gasteiger partial charge in [0.15, 0.2) is 0 Å². The molecule has 20 heavy (non-hydrogen) atoms. The zero-order chi connectivity index (χ0) is 15.2. The molecule has 0 spiro atoms. The maximum absolute atomic E-state index is 11.7. The van der Waals surface area contributed by atoms with Gasteiger partial charge >= 0.3 is 12.0 Å². The number of hydrogen-bond donors (Lipinski definition) is 4. The number of carbonyl (C=O) groups is 2. The van der Waals surface area contributed by atoms with Crippen LogP contribution in [0.15, 0.2) is 0 Å². The fourth-order valence-corrected chi connectivity index (χ4v) is 2.69. The van der Waals surface area contributed by atoms with Gasteiger partial charge in [0.2, 0.25) is 10.0 Å². The smallest absolute Gasteiger partial charge is 0.329 e. The van der Waals surface area contributed by atoms with Crippen molar-refractivity contribution in [3.05, 3.63) is 0 Å². The van der Waals surface area contributed by atoms with Crippen molar-refractivity contribution in [1.82, 2.24) is 15.4 Å². The van der Waals surface area contributed by atoms with Gasteiger partial charge in [-0.1, -0.05) is 19.3 Å². The summed E-state index contributed by atoms with van der Waals surface area (Å²) in [5, 5.41) is 14.2. The van der Waals surface area contributed by atoms with Crippen molar-refractivity contribution in [3.8, 4) is 0 Å². The maximum atomic E-state index is 11.7. The molecule has 1 saturated carbocycles. The van der Waals surface area contributed by atoms with E-state index < -0.39 is 27.6 Å². The Labute approximate surface area is 118 Å². The molecule has 116 valence electrons. The van der Waals surface area contributed by atoms with Crippen LogP contribution < -0.4 is 15.4 Å². The molecule has 0 atom stereocenters. The molecule has 4 N–H and O–H groups in total. The number of aliphatic carboxylic acids is 1. The standard InChI is InChI=1S/C11H21N3O5S/c1-20(18,19)13-8-7-12-10(17)14-11(9(15)16)5-3-2-4-6-11/h13H,2-8H2,1H3,(H,15,16)(H2,12,14,17). The minimum absolute atomic E-state index is 0.0618. The monoisotopic (exact) mass is 307 g/mol. The molecule has 1 fully saturated rings. The van der Waals surface area contributed by atoms with Crippen molar-refractivity contribution in [2.45, 2.75) is 37.6 Å². The van der Waals surface area contributed by atoms with Crippen molar-refractivity contribution in [1.29, 1.82) is 0 Å². The van der Waals surface area contributed by atoms with Gasteiger partial charge in [-0.05, 0) is 12.8 Å². The summed E-state index contributed by atoms with van der Waals surface area (Å²) >= 11 is 0. The minimum atomic E-state index is -3.29. The van der Waals surface area contributed by atoms with E-state index >= 15 is 0 Å². The summed E-state index contributed by atoms with van der Waals surface area (Å²) in [7, 11) is -3.29. The Hall–Kier alpha value is -1.35. The molecule has 0 radical (unpaired) electrons. The number of hydrogen-bond acceptors (Lipinski definition) is 4. The first-order chi connectivity index (χ1) is 9.25. The SMILES string of the molecule is CS(=O)(=O)NCCNC(=O)NC1(C(=O)O)CCCCC1. The Kier molecular flexibility index (Phi) is 5.75. The third kappa shape index (κ3) is 5.33. The fraction of sp³-hybridized carbons (Fsp3) is 0.818. The minimum Gasteiger partial charge on any atom is -0.480 e.